The summed E-state index contributed by atoms with van der Waals surface area (Å²) in [5, 5.41) is 3.10. The van der Waals surface area contributed by atoms with Gasteiger partial charge >= 0.3 is 6.09 Å². The van der Waals surface area contributed by atoms with Gasteiger partial charge in [0.05, 0.1) is 18.2 Å². The van der Waals surface area contributed by atoms with Crippen molar-refractivity contribution in [3.05, 3.63) is 22.7 Å². The lowest BCUT2D eigenvalue weighted by Gasteiger charge is -2.21. The second-order valence-electron chi connectivity index (χ2n) is 6.37. The van der Waals surface area contributed by atoms with Crippen molar-refractivity contribution in [3.8, 4) is 11.5 Å². The number of ether oxygens (including phenoxy) is 3. The SMILES string of the molecule is CC(C)(C)OC(=O)NCC(N)c1cc(Cl)c2c(c1)OCCCO2. The van der Waals surface area contributed by atoms with Crippen LogP contribution in [0.15, 0.2) is 12.1 Å². The van der Waals surface area contributed by atoms with Crippen LogP contribution >= 0.6 is 11.6 Å². The Bertz CT molecular complexity index is 572. The van der Waals surface area contributed by atoms with Gasteiger partial charge < -0.3 is 25.3 Å². The van der Waals surface area contributed by atoms with Gasteiger partial charge in [0.1, 0.15) is 5.60 Å². The number of carbonyl (C=O) groups excluding carboxylic acids is 1. The Hall–Kier alpha value is -1.66. The molecular formula is C16H23ClN2O4. The lowest BCUT2D eigenvalue weighted by Crippen LogP contribution is -2.36. The average Bonchev–Trinajstić information content (AvgIpc) is 2.68. The van der Waals surface area contributed by atoms with E-state index in [4.69, 9.17) is 31.5 Å². The number of amides is 1. The predicted octanol–water partition coefficient (Wildman–Crippen LogP) is 3.03. The molecule has 1 amide bonds. The smallest absolute Gasteiger partial charge is 0.407 e. The number of hydrogen-bond donors (Lipinski definition) is 2. The van der Waals surface area contributed by atoms with E-state index in [1.165, 1.54) is 0 Å². The number of nitrogens with two attached hydrogens (primary N) is 1. The molecule has 0 spiro atoms. The first kappa shape index (κ1) is 17.7. The minimum absolute atomic E-state index is 0.227. The second-order valence-corrected chi connectivity index (χ2v) is 6.78. The van der Waals surface area contributed by atoms with E-state index in [2.05, 4.69) is 5.32 Å². The number of carbonyl (C=O) groups is 1. The summed E-state index contributed by atoms with van der Waals surface area (Å²) >= 11 is 6.24. The van der Waals surface area contributed by atoms with Crippen molar-refractivity contribution >= 4 is 17.7 Å². The molecule has 0 saturated carbocycles. The molecule has 0 aliphatic carbocycles. The largest absolute Gasteiger partial charge is 0.489 e. The van der Waals surface area contributed by atoms with Crippen LogP contribution in [0.2, 0.25) is 5.02 Å². The Kier molecular flexibility index (Phi) is 5.59. The maximum absolute atomic E-state index is 11.7. The van der Waals surface area contributed by atoms with Gasteiger partial charge in [0, 0.05) is 19.0 Å². The van der Waals surface area contributed by atoms with Crippen LogP contribution in [0.5, 0.6) is 11.5 Å². The number of alkyl carbamates (subject to hydrolysis) is 1. The fraction of sp³-hybridized carbons (Fsp3) is 0.562. The third-order valence-electron chi connectivity index (χ3n) is 3.12. The lowest BCUT2D eigenvalue weighted by atomic mass is 10.1. The highest BCUT2D eigenvalue weighted by molar-refractivity contribution is 6.32. The molecule has 0 bridgehead atoms. The van der Waals surface area contributed by atoms with Crippen molar-refractivity contribution in [1.29, 1.82) is 0 Å². The highest BCUT2D eigenvalue weighted by Crippen LogP contribution is 2.39. The lowest BCUT2D eigenvalue weighted by molar-refractivity contribution is 0.0524. The van der Waals surface area contributed by atoms with E-state index in [1.54, 1.807) is 32.9 Å². The summed E-state index contributed by atoms with van der Waals surface area (Å²) in [6.45, 7) is 6.77. The van der Waals surface area contributed by atoms with Gasteiger partial charge in [0.2, 0.25) is 0 Å². The first-order valence-corrected chi connectivity index (χ1v) is 7.95. The zero-order chi connectivity index (χ0) is 17.0. The van der Waals surface area contributed by atoms with Crippen LogP contribution in [0.4, 0.5) is 4.79 Å². The molecule has 3 N–H and O–H groups in total. The number of rotatable bonds is 3. The molecular weight excluding hydrogens is 320 g/mol. The molecule has 1 aliphatic rings. The summed E-state index contributed by atoms with van der Waals surface area (Å²) in [6, 6.07) is 3.10. The third kappa shape index (κ3) is 5.18. The fourth-order valence-electron chi connectivity index (χ4n) is 2.09. The Morgan fingerprint density at radius 1 is 1.39 bits per heavy atom. The van der Waals surface area contributed by atoms with Crippen molar-refractivity contribution in [1.82, 2.24) is 5.32 Å². The molecule has 0 radical (unpaired) electrons. The van der Waals surface area contributed by atoms with Crippen LogP contribution in [0.25, 0.3) is 0 Å². The van der Waals surface area contributed by atoms with Crippen molar-refractivity contribution in [2.75, 3.05) is 19.8 Å². The van der Waals surface area contributed by atoms with E-state index >= 15 is 0 Å². The molecule has 1 aromatic carbocycles. The molecule has 0 fully saturated rings. The van der Waals surface area contributed by atoms with Gasteiger partial charge in [-0.05, 0) is 38.5 Å². The minimum atomic E-state index is -0.549. The van der Waals surface area contributed by atoms with E-state index in [0.29, 0.717) is 29.7 Å². The van der Waals surface area contributed by atoms with Gasteiger partial charge in [-0.3, -0.25) is 0 Å². The number of benzene rings is 1. The molecule has 1 atom stereocenters. The van der Waals surface area contributed by atoms with E-state index < -0.39 is 17.7 Å². The topological polar surface area (TPSA) is 82.8 Å². The van der Waals surface area contributed by atoms with Gasteiger partial charge in [0.15, 0.2) is 11.5 Å². The van der Waals surface area contributed by atoms with Gasteiger partial charge in [-0.25, -0.2) is 4.79 Å². The summed E-state index contributed by atoms with van der Waals surface area (Å²) in [6.07, 6.45) is 0.292. The summed E-state index contributed by atoms with van der Waals surface area (Å²) in [4.78, 5) is 11.7. The zero-order valence-corrected chi connectivity index (χ0v) is 14.4. The van der Waals surface area contributed by atoms with Crippen molar-refractivity contribution < 1.29 is 19.0 Å². The number of hydrogen-bond acceptors (Lipinski definition) is 5. The summed E-state index contributed by atoms with van der Waals surface area (Å²) < 4.78 is 16.4. The Morgan fingerprint density at radius 2 is 2.09 bits per heavy atom. The van der Waals surface area contributed by atoms with Crippen LogP contribution in [-0.4, -0.2) is 31.5 Å². The predicted molar refractivity (Wildman–Crippen MR) is 88.2 cm³/mol. The van der Waals surface area contributed by atoms with E-state index in [9.17, 15) is 4.79 Å². The normalized spacial score (nSPS) is 15.5. The van der Waals surface area contributed by atoms with Gasteiger partial charge in [-0.2, -0.15) is 0 Å². The molecule has 2 rings (SSSR count). The molecule has 1 aromatic rings. The van der Waals surface area contributed by atoms with E-state index in [0.717, 1.165) is 12.0 Å². The number of fused-ring (bicyclic) bond motifs is 1. The van der Waals surface area contributed by atoms with Gasteiger partial charge in [-0.1, -0.05) is 11.6 Å². The molecule has 0 saturated heterocycles. The standard InChI is InChI=1S/C16H23ClN2O4/c1-16(2,3)23-15(20)19-9-12(18)10-7-11(17)14-13(8-10)21-5-4-6-22-14/h7-8,12H,4-6,9,18H2,1-3H3,(H,19,20). The van der Waals surface area contributed by atoms with Crippen LogP contribution in [-0.2, 0) is 4.74 Å². The molecule has 1 heterocycles. The monoisotopic (exact) mass is 342 g/mol. The average molecular weight is 343 g/mol. The first-order valence-electron chi connectivity index (χ1n) is 7.58. The summed E-state index contributed by atoms with van der Waals surface area (Å²) in [7, 11) is 0. The highest BCUT2D eigenvalue weighted by atomic mass is 35.5. The van der Waals surface area contributed by atoms with Crippen molar-refractivity contribution in [3.63, 3.8) is 0 Å². The van der Waals surface area contributed by atoms with Gasteiger partial charge in [-0.15, -0.1) is 0 Å². The molecule has 23 heavy (non-hydrogen) atoms. The second kappa shape index (κ2) is 7.27. The quantitative estimate of drug-likeness (QED) is 0.882. The maximum Gasteiger partial charge on any atom is 0.407 e. The van der Waals surface area contributed by atoms with Crippen LogP contribution in [0.1, 0.15) is 38.8 Å². The van der Waals surface area contributed by atoms with Crippen LogP contribution in [0, 0.1) is 0 Å². The van der Waals surface area contributed by atoms with E-state index in [-0.39, 0.29) is 6.54 Å². The molecule has 128 valence electrons. The molecule has 1 unspecified atom stereocenters. The van der Waals surface area contributed by atoms with Gasteiger partial charge in [0.25, 0.3) is 0 Å². The summed E-state index contributed by atoms with van der Waals surface area (Å²) in [5.41, 5.74) is 6.33. The number of halogens is 1. The Labute approximate surface area is 141 Å². The van der Waals surface area contributed by atoms with Crippen molar-refractivity contribution in [2.24, 2.45) is 5.73 Å². The van der Waals surface area contributed by atoms with Crippen LogP contribution in [0.3, 0.4) is 0 Å². The molecule has 7 heteroatoms. The molecule has 6 nitrogen and oxygen atoms in total. The summed E-state index contributed by atoms with van der Waals surface area (Å²) in [5.74, 6) is 1.12. The highest BCUT2D eigenvalue weighted by Gasteiger charge is 2.20. The molecule has 0 aromatic heterocycles. The third-order valence-corrected chi connectivity index (χ3v) is 3.40. The Balaban J connectivity index is 2.02. The fourth-order valence-corrected chi connectivity index (χ4v) is 2.36. The van der Waals surface area contributed by atoms with E-state index in [1.807, 2.05) is 0 Å². The maximum atomic E-state index is 11.7. The molecule has 1 aliphatic heterocycles. The zero-order valence-electron chi connectivity index (χ0n) is 13.6. The minimum Gasteiger partial charge on any atom is -0.489 e. The van der Waals surface area contributed by atoms with Crippen molar-refractivity contribution in [2.45, 2.75) is 38.8 Å². The number of nitrogens with one attached hydrogen (secondary N) is 1. The first-order chi connectivity index (χ1) is 10.8. The van der Waals surface area contributed by atoms with Crippen LogP contribution < -0.4 is 20.5 Å². The Morgan fingerprint density at radius 3 is 2.78 bits per heavy atom.